The number of aromatic nitrogens is 3. The van der Waals surface area contributed by atoms with Crippen LogP contribution < -0.4 is 0 Å². The molecule has 7 heteroatoms. The van der Waals surface area contributed by atoms with Crippen molar-refractivity contribution < 1.29 is 14.1 Å². The van der Waals surface area contributed by atoms with Crippen LogP contribution in [-0.2, 0) is 17.6 Å². The van der Waals surface area contributed by atoms with E-state index in [0.29, 0.717) is 37.0 Å². The number of nitrogens with zero attached hydrogens (tertiary/aromatic N) is 3. The van der Waals surface area contributed by atoms with Crippen LogP contribution in [0.2, 0.25) is 0 Å². The molecule has 0 bridgehead atoms. The second kappa shape index (κ2) is 7.52. The smallest absolute Gasteiger partial charge is 0.271 e. The van der Waals surface area contributed by atoms with E-state index in [9.17, 15) is 4.79 Å². The molecule has 3 aromatic rings. The van der Waals surface area contributed by atoms with Crippen molar-refractivity contribution in [1.82, 2.24) is 20.0 Å². The molecule has 0 radical (unpaired) electrons. The van der Waals surface area contributed by atoms with Gasteiger partial charge in [-0.3, -0.25) is 4.79 Å². The molecular formula is C20H24N4O3. The molecule has 3 heterocycles. The van der Waals surface area contributed by atoms with E-state index in [1.165, 1.54) is 0 Å². The van der Waals surface area contributed by atoms with Gasteiger partial charge in [-0.1, -0.05) is 30.3 Å². The third-order valence-electron chi connectivity index (χ3n) is 5.19. The second-order valence-electron chi connectivity index (χ2n) is 6.83. The summed E-state index contributed by atoms with van der Waals surface area (Å²) >= 11 is 0. The van der Waals surface area contributed by atoms with Gasteiger partial charge in [0, 0.05) is 31.0 Å². The number of H-pyrrole nitrogens is 1. The molecule has 1 fully saturated rings. The summed E-state index contributed by atoms with van der Waals surface area (Å²) < 4.78 is 10.5. The highest BCUT2D eigenvalue weighted by atomic mass is 16.5. The number of hydrogen-bond acceptors (Lipinski definition) is 5. The van der Waals surface area contributed by atoms with Gasteiger partial charge in [0.25, 0.3) is 5.91 Å². The summed E-state index contributed by atoms with van der Waals surface area (Å²) in [5.41, 5.74) is 2.73. The Balaban J connectivity index is 1.62. The molecule has 0 spiro atoms. The number of methoxy groups -OCH3 is 1. The molecule has 2 aromatic heterocycles. The molecule has 1 aliphatic heterocycles. The number of para-hydroxylation sites is 1. The van der Waals surface area contributed by atoms with E-state index in [1.807, 2.05) is 23.1 Å². The zero-order chi connectivity index (χ0) is 18.8. The first kappa shape index (κ1) is 17.7. The Morgan fingerprint density at radius 2 is 2.26 bits per heavy atom. The van der Waals surface area contributed by atoms with Crippen LogP contribution in [-0.4, -0.2) is 46.2 Å². The quantitative estimate of drug-likeness (QED) is 0.722. The summed E-state index contributed by atoms with van der Waals surface area (Å²) in [6.45, 7) is 3.31. The zero-order valence-corrected chi connectivity index (χ0v) is 15.7. The predicted octanol–water partition coefficient (Wildman–Crippen LogP) is 3.28. The third-order valence-corrected chi connectivity index (χ3v) is 5.19. The Kier molecular flexibility index (Phi) is 4.94. The number of benzene rings is 1. The van der Waals surface area contributed by atoms with Gasteiger partial charge in [-0.2, -0.15) is 4.98 Å². The van der Waals surface area contributed by atoms with Crippen molar-refractivity contribution >= 4 is 16.8 Å². The largest absolute Gasteiger partial charge is 0.384 e. The van der Waals surface area contributed by atoms with Crippen LogP contribution in [0.5, 0.6) is 0 Å². The van der Waals surface area contributed by atoms with Crippen LogP contribution >= 0.6 is 0 Å². The maximum absolute atomic E-state index is 13.3. The summed E-state index contributed by atoms with van der Waals surface area (Å²) in [5.74, 6) is 1.13. The SMILES string of the molecule is CCc1c(C(=O)N2CCCC2c2nc(CCOC)no2)[nH]c2ccccc12. The van der Waals surface area contributed by atoms with Crippen LogP contribution in [0.25, 0.3) is 10.9 Å². The fourth-order valence-electron chi connectivity index (χ4n) is 3.86. The van der Waals surface area contributed by atoms with Crippen molar-refractivity contribution in [3.63, 3.8) is 0 Å². The van der Waals surface area contributed by atoms with Gasteiger partial charge in [-0.25, -0.2) is 0 Å². The van der Waals surface area contributed by atoms with Gasteiger partial charge >= 0.3 is 0 Å². The lowest BCUT2D eigenvalue weighted by Gasteiger charge is -2.21. The van der Waals surface area contributed by atoms with E-state index in [0.717, 1.165) is 35.7 Å². The molecule has 1 aromatic carbocycles. The van der Waals surface area contributed by atoms with E-state index >= 15 is 0 Å². The molecule has 0 saturated carbocycles. The number of aryl methyl sites for hydroxylation is 1. The fourth-order valence-corrected chi connectivity index (χ4v) is 3.86. The van der Waals surface area contributed by atoms with Crippen LogP contribution in [0, 0.1) is 0 Å². The highest BCUT2D eigenvalue weighted by Crippen LogP contribution is 2.34. The number of rotatable bonds is 6. The predicted molar refractivity (Wildman–Crippen MR) is 101 cm³/mol. The Labute approximate surface area is 157 Å². The number of aromatic amines is 1. The number of ether oxygens (including phenoxy) is 1. The van der Waals surface area contributed by atoms with Gasteiger partial charge < -0.3 is 19.1 Å². The summed E-state index contributed by atoms with van der Waals surface area (Å²) in [6, 6.07) is 7.88. The summed E-state index contributed by atoms with van der Waals surface area (Å²) in [7, 11) is 1.64. The topological polar surface area (TPSA) is 84.2 Å². The summed E-state index contributed by atoms with van der Waals surface area (Å²) in [4.78, 5) is 23.0. The van der Waals surface area contributed by atoms with Gasteiger partial charge in [-0.15, -0.1) is 0 Å². The molecule has 7 nitrogen and oxygen atoms in total. The number of likely N-dealkylation sites (tertiary alicyclic amines) is 1. The van der Waals surface area contributed by atoms with Gasteiger partial charge in [-0.05, 0) is 30.9 Å². The van der Waals surface area contributed by atoms with Crippen LogP contribution in [0.1, 0.15) is 53.6 Å². The first-order valence-corrected chi connectivity index (χ1v) is 9.45. The van der Waals surface area contributed by atoms with Gasteiger partial charge in [0.05, 0.1) is 6.61 Å². The first-order valence-electron chi connectivity index (χ1n) is 9.45. The minimum absolute atomic E-state index is 0.00203. The number of fused-ring (bicyclic) bond motifs is 1. The van der Waals surface area contributed by atoms with Crippen molar-refractivity contribution in [1.29, 1.82) is 0 Å². The molecule has 1 amide bonds. The molecular weight excluding hydrogens is 344 g/mol. The molecule has 142 valence electrons. The number of hydrogen-bond donors (Lipinski definition) is 1. The van der Waals surface area contributed by atoms with Crippen molar-refractivity contribution in [3.05, 3.63) is 47.2 Å². The van der Waals surface area contributed by atoms with Gasteiger partial charge in [0.2, 0.25) is 5.89 Å². The minimum Gasteiger partial charge on any atom is -0.384 e. The van der Waals surface area contributed by atoms with Gasteiger partial charge in [0.1, 0.15) is 11.7 Å². The minimum atomic E-state index is -0.169. The number of carbonyl (C=O) groups excluding carboxylic acids is 1. The average molecular weight is 368 g/mol. The first-order chi connectivity index (χ1) is 13.2. The van der Waals surface area contributed by atoms with E-state index in [2.05, 4.69) is 28.1 Å². The van der Waals surface area contributed by atoms with E-state index in [4.69, 9.17) is 9.26 Å². The summed E-state index contributed by atoms with van der Waals surface area (Å²) in [6.07, 6.45) is 3.15. The average Bonchev–Trinajstić information content (AvgIpc) is 3.42. The lowest BCUT2D eigenvalue weighted by molar-refractivity contribution is 0.0704. The maximum Gasteiger partial charge on any atom is 0.271 e. The third kappa shape index (κ3) is 3.23. The van der Waals surface area contributed by atoms with Crippen LogP contribution in [0.4, 0.5) is 0 Å². The molecule has 1 saturated heterocycles. The number of amides is 1. The molecule has 4 rings (SSSR count). The zero-order valence-electron chi connectivity index (χ0n) is 15.7. The van der Waals surface area contributed by atoms with Gasteiger partial charge in [0.15, 0.2) is 5.82 Å². The van der Waals surface area contributed by atoms with Crippen molar-refractivity contribution in [2.45, 2.75) is 38.6 Å². The molecule has 1 unspecified atom stereocenters. The van der Waals surface area contributed by atoms with Crippen molar-refractivity contribution in [3.8, 4) is 0 Å². The van der Waals surface area contributed by atoms with Crippen LogP contribution in [0.15, 0.2) is 28.8 Å². The van der Waals surface area contributed by atoms with E-state index < -0.39 is 0 Å². The van der Waals surface area contributed by atoms with E-state index in [1.54, 1.807) is 7.11 Å². The molecule has 0 aliphatic carbocycles. The number of nitrogens with one attached hydrogen (secondary N) is 1. The highest BCUT2D eigenvalue weighted by molar-refractivity contribution is 6.01. The van der Waals surface area contributed by atoms with Crippen molar-refractivity contribution in [2.75, 3.05) is 20.3 Å². The fraction of sp³-hybridized carbons (Fsp3) is 0.450. The van der Waals surface area contributed by atoms with Crippen molar-refractivity contribution in [2.24, 2.45) is 0 Å². The lowest BCUT2D eigenvalue weighted by atomic mass is 10.1. The lowest BCUT2D eigenvalue weighted by Crippen LogP contribution is -2.31. The molecule has 1 aliphatic rings. The molecule has 27 heavy (non-hydrogen) atoms. The Morgan fingerprint density at radius 1 is 1.41 bits per heavy atom. The Hall–Kier alpha value is -2.67. The van der Waals surface area contributed by atoms with Crippen LogP contribution in [0.3, 0.4) is 0 Å². The highest BCUT2D eigenvalue weighted by Gasteiger charge is 2.36. The number of carbonyl (C=O) groups is 1. The normalized spacial score (nSPS) is 17.1. The summed E-state index contributed by atoms with van der Waals surface area (Å²) in [5, 5.41) is 5.13. The maximum atomic E-state index is 13.3. The monoisotopic (exact) mass is 368 g/mol. The Morgan fingerprint density at radius 3 is 3.07 bits per heavy atom. The van der Waals surface area contributed by atoms with E-state index in [-0.39, 0.29) is 11.9 Å². The molecule has 1 atom stereocenters. The second-order valence-corrected chi connectivity index (χ2v) is 6.83. The standard InChI is InChI=1S/C20H24N4O3/c1-3-13-14-7-4-5-8-15(14)21-18(13)20(25)24-11-6-9-16(24)19-22-17(23-27-19)10-12-26-2/h4-5,7-8,16,21H,3,6,9-12H2,1-2H3. The molecule has 1 N–H and O–H groups in total. The Bertz CT molecular complexity index is 946.